The number of benzene rings is 1. The van der Waals surface area contributed by atoms with E-state index in [-0.39, 0.29) is 0 Å². The highest BCUT2D eigenvalue weighted by Gasteiger charge is 2.11. The number of nitrogens with zero attached hydrogens (tertiary/aromatic N) is 3. The summed E-state index contributed by atoms with van der Waals surface area (Å²) < 4.78 is 1.20. The van der Waals surface area contributed by atoms with Gasteiger partial charge in [-0.2, -0.15) is 4.98 Å². The van der Waals surface area contributed by atoms with Gasteiger partial charge in [0.25, 0.3) is 0 Å². The molecule has 122 valence electrons. The Labute approximate surface area is 144 Å². The molecule has 3 aromatic heterocycles. The van der Waals surface area contributed by atoms with Crippen molar-refractivity contribution in [1.82, 2.24) is 19.9 Å². The summed E-state index contributed by atoms with van der Waals surface area (Å²) in [5.41, 5.74) is 4.18. The molecule has 0 aliphatic heterocycles. The van der Waals surface area contributed by atoms with E-state index >= 15 is 0 Å². The van der Waals surface area contributed by atoms with E-state index in [1.807, 2.05) is 19.3 Å². The molecular weight excluding hydrogens is 318 g/mol. The molecule has 4 aromatic rings. The Morgan fingerprint density at radius 2 is 2.12 bits per heavy atom. The first-order valence-electron chi connectivity index (χ1n) is 8.06. The van der Waals surface area contributed by atoms with Gasteiger partial charge in [0.2, 0.25) is 5.95 Å². The van der Waals surface area contributed by atoms with E-state index in [2.05, 4.69) is 57.3 Å². The van der Waals surface area contributed by atoms with Crippen molar-refractivity contribution in [2.45, 2.75) is 20.8 Å². The van der Waals surface area contributed by atoms with Gasteiger partial charge in [0, 0.05) is 29.9 Å². The first kappa shape index (κ1) is 15.1. The molecule has 1 aromatic carbocycles. The summed E-state index contributed by atoms with van der Waals surface area (Å²) >= 11 is 1.72. The van der Waals surface area contributed by atoms with Crippen LogP contribution in [0.15, 0.2) is 30.6 Å². The van der Waals surface area contributed by atoms with E-state index < -0.39 is 0 Å². The lowest BCUT2D eigenvalue weighted by atomic mass is 10.1. The Morgan fingerprint density at radius 1 is 1.25 bits per heavy atom. The van der Waals surface area contributed by atoms with Crippen molar-refractivity contribution in [3.05, 3.63) is 35.6 Å². The van der Waals surface area contributed by atoms with Crippen molar-refractivity contribution in [3.63, 3.8) is 0 Å². The average molecular weight is 337 g/mol. The van der Waals surface area contributed by atoms with Gasteiger partial charge in [0.05, 0.1) is 15.2 Å². The number of aromatic amines is 1. The highest BCUT2D eigenvalue weighted by atomic mass is 32.1. The van der Waals surface area contributed by atoms with Crippen LogP contribution in [-0.4, -0.2) is 26.5 Å². The van der Waals surface area contributed by atoms with Gasteiger partial charge in [-0.15, -0.1) is 11.3 Å². The Kier molecular flexibility index (Phi) is 3.69. The first-order valence-corrected chi connectivity index (χ1v) is 8.87. The zero-order valence-corrected chi connectivity index (χ0v) is 14.7. The molecule has 24 heavy (non-hydrogen) atoms. The molecule has 0 radical (unpaired) electrons. The maximum atomic E-state index is 4.57. The van der Waals surface area contributed by atoms with E-state index in [1.54, 1.807) is 11.3 Å². The summed E-state index contributed by atoms with van der Waals surface area (Å²) in [6, 6.07) is 6.37. The van der Waals surface area contributed by atoms with E-state index in [9.17, 15) is 0 Å². The molecule has 2 N–H and O–H groups in total. The SMILES string of the molecule is Cc1nc2ccc(-c3c[nH]c4nc(NCC(C)C)ncc34)cc2s1. The normalized spacial score (nSPS) is 11.7. The molecule has 0 unspecified atom stereocenters. The van der Waals surface area contributed by atoms with Crippen LogP contribution < -0.4 is 5.32 Å². The van der Waals surface area contributed by atoms with Crippen molar-refractivity contribution < 1.29 is 0 Å². The van der Waals surface area contributed by atoms with Crippen LogP contribution in [0, 0.1) is 12.8 Å². The first-order chi connectivity index (χ1) is 11.6. The predicted molar refractivity (Wildman–Crippen MR) is 101 cm³/mol. The second-order valence-corrected chi connectivity index (χ2v) is 7.58. The van der Waals surface area contributed by atoms with Crippen molar-refractivity contribution in [2.24, 2.45) is 5.92 Å². The number of aryl methyl sites for hydroxylation is 1. The number of fused-ring (bicyclic) bond motifs is 2. The van der Waals surface area contributed by atoms with Gasteiger partial charge in [-0.1, -0.05) is 19.9 Å². The van der Waals surface area contributed by atoms with Crippen molar-refractivity contribution in [1.29, 1.82) is 0 Å². The molecule has 0 amide bonds. The number of H-pyrrole nitrogens is 1. The molecular formula is C18H19N5S. The maximum absolute atomic E-state index is 4.57. The average Bonchev–Trinajstić information content (AvgIpc) is 3.13. The standard InChI is InChI=1S/C18H19N5S/c1-10(2)7-20-18-21-9-14-13(8-19-17(14)23-18)12-4-5-15-16(6-12)24-11(3)22-15/h4-6,8-10H,7H2,1-3H3,(H2,19,20,21,23). The fourth-order valence-corrected chi connectivity index (χ4v) is 3.60. The summed E-state index contributed by atoms with van der Waals surface area (Å²) in [5.74, 6) is 1.22. The molecule has 0 aliphatic rings. The number of aromatic nitrogens is 4. The minimum atomic E-state index is 0.554. The summed E-state index contributed by atoms with van der Waals surface area (Å²) in [4.78, 5) is 16.8. The van der Waals surface area contributed by atoms with E-state index in [1.165, 1.54) is 4.70 Å². The molecule has 0 fully saturated rings. The van der Waals surface area contributed by atoms with E-state index in [0.29, 0.717) is 11.9 Å². The fourth-order valence-electron chi connectivity index (χ4n) is 2.73. The smallest absolute Gasteiger partial charge is 0.224 e. The monoisotopic (exact) mass is 337 g/mol. The van der Waals surface area contributed by atoms with Gasteiger partial charge in [-0.3, -0.25) is 0 Å². The summed E-state index contributed by atoms with van der Waals surface area (Å²) in [7, 11) is 0. The lowest BCUT2D eigenvalue weighted by molar-refractivity contribution is 0.685. The highest BCUT2D eigenvalue weighted by Crippen LogP contribution is 2.32. The molecule has 0 bridgehead atoms. The summed E-state index contributed by atoms with van der Waals surface area (Å²) in [6.45, 7) is 7.22. The third-order valence-electron chi connectivity index (χ3n) is 3.91. The maximum Gasteiger partial charge on any atom is 0.224 e. The quantitative estimate of drug-likeness (QED) is 0.570. The largest absolute Gasteiger partial charge is 0.354 e. The number of hydrogen-bond acceptors (Lipinski definition) is 5. The molecule has 0 atom stereocenters. The second-order valence-electron chi connectivity index (χ2n) is 6.35. The Balaban J connectivity index is 1.73. The van der Waals surface area contributed by atoms with Crippen molar-refractivity contribution >= 4 is 38.5 Å². The Bertz CT molecular complexity index is 1010. The van der Waals surface area contributed by atoms with Gasteiger partial charge in [-0.25, -0.2) is 9.97 Å². The zero-order valence-electron chi connectivity index (χ0n) is 13.9. The van der Waals surface area contributed by atoms with Crippen LogP contribution in [0.25, 0.3) is 32.4 Å². The topological polar surface area (TPSA) is 66.5 Å². The van der Waals surface area contributed by atoms with Crippen LogP contribution in [0.4, 0.5) is 5.95 Å². The van der Waals surface area contributed by atoms with Crippen LogP contribution in [0.2, 0.25) is 0 Å². The zero-order chi connectivity index (χ0) is 16.7. The van der Waals surface area contributed by atoms with E-state index in [4.69, 9.17) is 0 Å². The van der Waals surface area contributed by atoms with Crippen LogP contribution in [0.1, 0.15) is 18.9 Å². The van der Waals surface area contributed by atoms with Crippen LogP contribution in [0.5, 0.6) is 0 Å². The molecule has 6 heteroatoms. The Morgan fingerprint density at radius 3 is 2.96 bits per heavy atom. The number of nitrogens with one attached hydrogen (secondary N) is 2. The second kappa shape index (κ2) is 5.87. The van der Waals surface area contributed by atoms with Crippen LogP contribution in [0.3, 0.4) is 0 Å². The number of hydrogen-bond donors (Lipinski definition) is 2. The molecule has 5 nitrogen and oxygen atoms in total. The highest BCUT2D eigenvalue weighted by molar-refractivity contribution is 7.18. The van der Waals surface area contributed by atoms with Crippen LogP contribution >= 0.6 is 11.3 Å². The van der Waals surface area contributed by atoms with Crippen molar-refractivity contribution in [2.75, 3.05) is 11.9 Å². The van der Waals surface area contributed by atoms with Gasteiger partial charge in [0.15, 0.2) is 0 Å². The summed E-state index contributed by atoms with van der Waals surface area (Å²) in [5, 5.41) is 5.38. The molecule has 0 saturated heterocycles. The predicted octanol–water partition coefficient (Wildman–Crippen LogP) is 4.61. The number of rotatable bonds is 4. The van der Waals surface area contributed by atoms with Gasteiger partial charge < -0.3 is 10.3 Å². The lowest BCUT2D eigenvalue weighted by Crippen LogP contribution is -2.10. The molecule has 4 rings (SSSR count). The molecule has 3 heterocycles. The number of anilines is 1. The molecule has 0 saturated carbocycles. The minimum absolute atomic E-state index is 0.554. The summed E-state index contributed by atoms with van der Waals surface area (Å²) in [6.07, 6.45) is 3.89. The molecule has 0 aliphatic carbocycles. The van der Waals surface area contributed by atoms with E-state index in [0.717, 1.165) is 39.2 Å². The minimum Gasteiger partial charge on any atom is -0.354 e. The fraction of sp³-hybridized carbons (Fsp3) is 0.278. The van der Waals surface area contributed by atoms with Gasteiger partial charge in [0.1, 0.15) is 5.65 Å². The van der Waals surface area contributed by atoms with Crippen molar-refractivity contribution in [3.8, 4) is 11.1 Å². The van der Waals surface area contributed by atoms with Gasteiger partial charge in [-0.05, 0) is 30.5 Å². The molecule has 0 spiro atoms. The Hall–Kier alpha value is -2.47. The third kappa shape index (κ3) is 2.73. The van der Waals surface area contributed by atoms with Crippen LogP contribution in [-0.2, 0) is 0 Å². The van der Waals surface area contributed by atoms with Gasteiger partial charge >= 0.3 is 0 Å². The third-order valence-corrected chi connectivity index (χ3v) is 4.84. The number of thiazole rings is 1. The lowest BCUT2D eigenvalue weighted by Gasteiger charge is -2.07.